The van der Waals surface area contributed by atoms with Gasteiger partial charge in [-0.25, -0.2) is 9.98 Å². The van der Waals surface area contributed by atoms with E-state index in [0.717, 1.165) is 43.9 Å². The molecular weight excluding hydrogens is 398 g/mol. The zero-order chi connectivity index (χ0) is 22.1. The molecule has 6 heteroatoms. The van der Waals surface area contributed by atoms with E-state index in [4.69, 9.17) is 4.99 Å². The second kappa shape index (κ2) is 8.61. The largest absolute Gasteiger partial charge is 0.343 e. The molecule has 2 aromatic carbocycles. The van der Waals surface area contributed by atoms with Gasteiger partial charge in [-0.05, 0) is 50.2 Å². The SMILES string of the molecule is Cc1ccc([C@@H]2N=C(N3CCC(Cc4ccccc4)CC3)Nc3nc(C)cc(=O)n32)cc1. The molecule has 3 heterocycles. The molecule has 0 amide bonds. The quantitative estimate of drug-likeness (QED) is 0.682. The molecule has 0 saturated carbocycles. The number of aryl methyl sites for hydroxylation is 2. The number of piperidine rings is 1. The number of rotatable bonds is 3. The minimum atomic E-state index is -0.413. The van der Waals surface area contributed by atoms with E-state index in [1.165, 1.54) is 11.1 Å². The van der Waals surface area contributed by atoms with Gasteiger partial charge in [-0.15, -0.1) is 0 Å². The Hall–Kier alpha value is -3.41. The van der Waals surface area contributed by atoms with E-state index in [9.17, 15) is 4.79 Å². The predicted molar refractivity (Wildman–Crippen MR) is 128 cm³/mol. The summed E-state index contributed by atoms with van der Waals surface area (Å²) < 4.78 is 1.66. The highest BCUT2D eigenvalue weighted by molar-refractivity contribution is 5.93. The van der Waals surface area contributed by atoms with Crippen LogP contribution in [0.25, 0.3) is 0 Å². The summed E-state index contributed by atoms with van der Waals surface area (Å²) in [4.78, 5) is 24.8. The molecule has 1 N–H and O–H groups in total. The number of guanidine groups is 1. The van der Waals surface area contributed by atoms with E-state index in [1.54, 1.807) is 10.6 Å². The van der Waals surface area contributed by atoms with Crippen LogP contribution in [-0.2, 0) is 6.42 Å². The van der Waals surface area contributed by atoms with Crippen molar-refractivity contribution in [3.8, 4) is 0 Å². The van der Waals surface area contributed by atoms with Gasteiger partial charge in [0.2, 0.25) is 11.9 Å². The molecule has 2 aliphatic heterocycles. The Morgan fingerprint density at radius 3 is 2.44 bits per heavy atom. The molecule has 5 rings (SSSR count). The Morgan fingerprint density at radius 1 is 1.00 bits per heavy atom. The Kier molecular flexibility index (Phi) is 5.52. The first-order chi connectivity index (χ1) is 15.6. The molecule has 3 aromatic rings. The number of aromatic nitrogens is 2. The van der Waals surface area contributed by atoms with Gasteiger partial charge < -0.3 is 4.90 Å². The number of benzene rings is 2. The molecule has 0 spiro atoms. The van der Waals surface area contributed by atoms with E-state index in [1.807, 2.05) is 6.92 Å². The lowest BCUT2D eigenvalue weighted by atomic mass is 9.90. The molecule has 0 bridgehead atoms. The van der Waals surface area contributed by atoms with Crippen LogP contribution in [0.3, 0.4) is 0 Å². The van der Waals surface area contributed by atoms with Gasteiger partial charge in [0.05, 0.1) is 0 Å². The molecule has 164 valence electrons. The Labute approximate surface area is 188 Å². The minimum Gasteiger partial charge on any atom is -0.343 e. The molecule has 0 unspecified atom stereocenters. The zero-order valence-corrected chi connectivity index (χ0v) is 18.7. The number of hydrogen-bond donors (Lipinski definition) is 1. The third-order valence-corrected chi connectivity index (χ3v) is 6.45. The van der Waals surface area contributed by atoms with Gasteiger partial charge in [0.15, 0.2) is 6.17 Å². The van der Waals surface area contributed by atoms with Crippen LogP contribution in [0.15, 0.2) is 70.5 Å². The highest BCUT2D eigenvalue weighted by Gasteiger charge is 2.29. The molecule has 6 nitrogen and oxygen atoms in total. The van der Waals surface area contributed by atoms with Crippen LogP contribution in [0.1, 0.15) is 41.4 Å². The number of anilines is 1. The van der Waals surface area contributed by atoms with Crippen LogP contribution in [0.2, 0.25) is 0 Å². The van der Waals surface area contributed by atoms with Crippen LogP contribution in [-0.4, -0.2) is 33.5 Å². The van der Waals surface area contributed by atoms with Crippen molar-refractivity contribution >= 4 is 11.9 Å². The van der Waals surface area contributed by atoms with E-state index >= 15 is 0 Å². The van der Waals surface area contributed by atoms with Gasteiger partial charge in [0.25, 0.3) is 5.56 Å². The predicted octanol–water partition coefficient (Wildman–Crippen LogP) is 4.14. The number of fused-ring (bicyclic) bond motifs is 1. The van der Waals surface area contributed by atoms with Crippen molar-refractivity contribution in [2.75, 3.05) is 18.4 Å². The zero-order valence-electron chi connectivity index (χ0n) is 18.7. The molecule has 0 aliphatic carbocycles. The molecule has 1 fully saturated rings. The summed E-state index contributed by atoms with van der Waals surface area (Å²) >= 11 is 0. The second-order valence-corrected chi connectivity index (χ2v) is 8.91. The van der Waals surface area contributed by atoms with Gasteiger partial charge in [-0.1, -0.05) is 60.2 Å². The van der Waals surface area contributed by atoms with Crippen LogP contribution in [0, 0.1) is 19.8 Å². The maximum absolute atomic E-state index is 12.8. The van der Waals surface area contributed by atoms with Crippen molar-refractivity contribution in [3.63, 3.8) is 0 Å². The topological polar surface area (TPSA) is 62.5 Å². The Bertz CT molecular complexity index is 1180. The average Bonchev–Trinajstić information content (AvgIpc) is 2.80. The van der Waals surface area contributed by atoms with Crippen molar-refractivity contribution in [1.82, 2.24) is 14.5 Å². The summed E-state index contributed by atoms with van der Waals surface area (Å²) in [5.41, 5.74) is 4.20. The van der Waals surface area contributed by atoms with Crippen LogP contribution in [0.5, 0.6) is 0 Å². The van der Waals surface area contributed by atoms with Gasteiger partial charge >= 0.3 is 0 Å². The average molecular weight is 428 g/mol. The lowest BCUT2D eigenvalue weighted by molar-refractivity contribution is 0.262. The Morgan fingerprint density at radius 2 is 1.72 bits per heavy atom. The highest BCUT2D eigenvalue weighted by atomic mass is 16.1. The smallest absolute Gasteiger partial charge is 0.257 e. The first-order valence-corrected chi connectivity index (χ1v) is 11.4. The van der Waals surface area contributed by atoms with E-state index in [2.05, 4.69) is 76.7 Å². The Balaban J connectivity index is 1.39. The van der Waals surface area contributed by atoms with E-state index < -0.39 is 6.17 Å². The number of nitrogens with one attached hydrogen (secondary N) is 1. The molecular formula is C26H29N5O. The van der Waals surface area contributed by atoms with Gasteiger partial charge in [0.1, 0.15) is 0 Å². The number of aliphatic imine (C=N–C) groups is 1. The fourth-order valence-electron chi connectivity index (χ4n) is 4.66. The molecule has 1 saturated heterocycles. The summed E-state index contributed by atoms with van der Waals surface area (Å²) in [7, 11) is 0. The summed E-state index contributed by atoms with van der Waals surface area (Å²) in [5, 5.41) is 3.35. The fourth-order valence-corrected chi connectivity index (χ4v) is 4.66. The number of hydrogen-bond acceptors (Lipinski definition) is 5. The standard InChI is InChI=1S/C26H29N5O/c1-18-8-10-22(11-9-18)24-28-25(29-26-27-19(2)16-23(32)31(24)26)30-14-12-21(13-15-30)17-20-6-4-3-5-7-20/h3-11,16,21,24H,12-15,17H2,1-2H3,(H,27,28,29)/t24-/m1/s1. The van der Waals surface area contributed by atoms with Gasteiger partial charge in [-0.3, -0.25) is 14.7 Å². The van der Waals surface area contributed by atoms with Gasteiger partial charge in [-0.2, -0.15) is 0 Å². The lowest BCUT2D eigenvalue weighted by Crippen LogP contribution is -2.46. The first-order valence-electron chi connectivity index (χ1n) is 11.4. The molecule has 1 aromatic heterocycles. The highest BCUT2D eigenvalue weighted by Crippen LogP contribution is 2.28. The third-order valence-electron chi connectivity index (χ3n) is 6.45. The lowest BCUT2D eigenvalue weighted by Gasteiger charge is -2.37. The molecule has 2 aliphatic rings. The summed E-state index contributed by atoms with van der Waals surface area (Å²) in [6.07, 6.45) is 2.96. The second-order valence-electron chi connectivity index (χ2n) is 8.91. The first kappa shape index (κ1) is 20.5. The third kappa shape index (κ3) is 4.17. The number of nitrogens with zero attached hydrogens (tertiary/aromatic N) is 4. The van der Waals surface area contributed by atoms with E-state index in [-0.39, 0.29) is 5.56 Å². The van der Waals surface area contributed by atoms with E-state index in [0.29, 0.717) is 17.6 Å². The number of likely N-dealkylation sites (tertiary alicyclic amines) is 1. The monoisotopic (exact) mass is 427 g/mol. The normalized spacial score (nSPS) is 18.6. The van der Waals surface area contributed by atoms with Crippen LogP contribution < -0.4 is 10.9 Å². The maximum Gasteiger partial charge on any atom is 0.257 e. The maximum atomic E-state index is 12.8. The molecule has 1 atom stereocenters. The fraction of sp³-hybridized carbons (Fsp3) is 0.346. The summed E-state index contributed by atoms with van der Waals surface area (Å²) in [6.45, 7) is 5.80. The summed E-state index contributed by atoms with van der Waals surface area (Å²) in [6, 6.07) is 20.5. The molecule has 0 radical (unpaired) electrons. The van der Waals surface area contributed by atoms with Crippen molar-refractivity contribution in [2.24, 2.45) is 10.9 Å². The van der Waals surface area contributed by atoms with Crippen LogP contribution >= 0.6 is 0 Å². The van der Waals surface area contributed by atoms with Crippen LogP contribution in [0.4, 0.5) is 5.95 Å². The molecule has 32 heavy (non-hydrogen) atoms. The van der Waals surface area contributed by atoms with Crippen molar-refractivity contribution < 1.29 is 0 Å². The van der Waals surface area contributed by atoms with Crippen molar-refractivity contribution in [1.29, 1.82) is 0 Å². The summed E-state index contributed by atoms with van der Waals surface area (Å²) in [5.74, 6) is 2.06. The van der Waals surface area contributed by atoms with Gasteiger partial charge in [0, 0.05) is 24.8 Å². The van der Waals surface area contributed by atoms with Crippen molar-refractivity contribution in [3.05, 3.63) is 93.4 Å². The van der Waals surface area contributed by atoms with Crippen molar-refractivity contribution in [2.45, 2.75) is 39.3 Å². The minimum absolute atomic E-state index is 0.0880.